The molecule has 43 heavy (non-hydrogen) atoms. The first-order valence-electron chi connectivity index (χ1n) is 13.1. The van der Waals surface area contributed by atoms with E-state index in [1.165, 1.54) is 17.2 Å². The third-order valence-electron chi connectivity index (χ3n) is 7.53. The Kier molecular flexibility index (Phi) is 6.89. The third kappa shape index (κ3) is 5.04. The summed E-state index contributed by atoms with van der Waals surface area (Å²) in [4.78, 5) is 45.6. The second-order valence-electron chi connectivity index (χ2n) is 10.3. The van der Waals surface area contributed by atoms with Gasteiger partial charge in [0.25, 0.3) is 5.56 Å². The molecule has 0 aromatic carbocycles. The number of halogens is 1. The van der Waals surface area contributed by atoms with Crippen LogP contribution < -0.4 is 17.0 Å². The minimum atomic E-state index is -4.97. The average Bonchev–Trinajstić information content (AvgIpc) is 3.72. The molecule has 3 aliphatic heterocycles. The van der Waals surface area contributed by atoms with Gasteiger partial charge in [0.15, 0.2) is 35.0 Å². The number of rotatable bonds is 2. The normalized spacial score (nSPS) is 35.4. The highest BCUT2D eigenvalue weighted by Gasteiger charge is 2.52. The van der Waals surface area contributed by atoms with Gasteiger partial charge in [-0.1, -0.05) is 0 Å². The summed E-state index contributed by atoms with van der Waals surface area (Å²) >= 11 is 0. The van der Waals surface area contributed by atoms with E-state index in [9.17, 15) is 19.4 Å². The number of alkyl halides is 1. The molecule has 21 heteroatoms. The fourth-order valence-electron chi connectivity index (χ4n) is 5.55. The molecule has 230 valence electrons. The summed E-state index contributed by atoms with van der Waals surface area (Å²) in [6, 6.07) is 0. The van der Waals surface area contributed by atoms with E-state index in [0.717, 1.165) is 6.33 Å². The molecular formula is C22H26FN10O9P. The van der Waals surface area contributed by atoms with Crippen LogP contribution in [0.25, 0.3) is 22.3 Å². The minimum absolute atomic E-state index is 0.0707. The lowest BCUT2D eigenvalue weighted by atomic mass is 10.1. The number of H-pyrrole nitrogens is 1. The molecule has 3 aliphatic rings. The number of phosphoric acid groups is 1. The lowest BCUT2D eigenvalue weighted by Gasteiger charge is -2.25. The summed E-state index contributed by atoms with van der Waals surface area (Å²) in [5.74, 6) is -0.0561. The Morgan fingerprint density at radius 1 is 1.00 bits per heavy atom. The van der Waals surface area contributed by atoms with Crippen molar-refractivity contribution in [3.63, 3.8) is 0 Å². The molecule has 0 aliphatic carbocycles. The van der Waals surface area contributed by atoms with Gasteiger partial charge in [-0.05, 0) is 0 Å². The lowest BCUT2D eigenvalue weighted by Crippen LogP contribution is -2.33. The Morgan fingerprint density at radius 2 is 1.79 bits per heavy atom. The Hall–Kier alpha value is -3.62. The van der Waals surface area contributed by atoms with E-state index in [2.05, 4.69) is 29.9 Å². The molecule has 2 bridgehead atoms. The van der Waals surface area contributed by atoms with E-state index in [-0.39, 0.29) is 42.4 Å². The highest BCUT2D eigenvalue weighted by molar-refractivity contribution is 7.47. The van der Waals surface area contributed by atoms with Crippen molar-refractivity contribution in [2.24, 2.45) is 0 Å². The number of hydrogen-bond donors (Lipinski definition) is 5. The van der Waals surface area contributed by atoms with Crippen LogP contribution in [0.5, 0.6) is 0 Å². The quantitative estimate of drug-likeness (QED) is 0.173. The van der Waals surface area contributed by atoms with E-state index in [0.29, 0.717) is 11.2 Å². The van der Waals surface area contributed by atoms with Crippen molar-refractivity contribution in [2.45, 2.75) is 62.0 Å². The number of nitrogen functional groups attached to an aromatic ring is 2. The number of phosphoric ester groups is 1. The number of aliphatic hydroxyl groups excluding tert-OH is 1. The maximum atomic E-state index is 15.7. The van der Waals surface area contributed by atoms with E-state index in [1.54, 1.807) is 4.57 Å². The first-order chi connectivity index (χ1) is 20.6. The van der Waals surface area contributed by atoms with E-state index >= 15 is 4.39 Å². The number of anilines is 2. The zero-order valence-electron chi connectivity index (χ0n) is 22.0. The van der Waals surface area contributed by atoms with Crippen LogP contribution in [0.2, 0.25) is 0 Å². The van der Waals surface area contributed by atoms with Crippen LogP contribution in [-0.2, 0) is 27.8 Å². The van der Waals surface area contributed by atoms with Crippen molar-refractivity contribution in [3.05, 3.63) is 29.3 Å². The monoisotopic (exact) mass is 624 g/mol. The van der Waals surface area contributed by atoms with Crippen molar-refractivity contribution in [2.75, 3.05) is 24.7 Å². The van der Waals surface area contributed by atoms with Gasteiger partial charge < -0.3 is 35.7 Å². The van der Waals surface area contributed by atoms with Gasteiger partial charge in [0, 0.05) is 12.8 Å². The summed E-state index contributed by atoms with van der Waals surface area (Å²) in [5.41, 5.74) is 11.5. The predicted molar refractivity (Wildman–Crippen MR) is 141 cm³/mol. The first-order valence-corrected chi connectivity index (χ1v) is 14.6. The highest BCUT2D eigenvalue weighted by Crippen LogP contribution is 2.51. The molecule has 0 spiro atoms. The predicted octanol–water partition coefficient (Wildman–Crippen LogP) is -0.701. The molecule has 4 aromatic rings. The molecule has 9 atom stereocenters. The fraction of sp³-hybridized carbons (Fsp3) is 0.545. The number of nitrogens with one attached hydrogen (secondary N) is 1. The number of nitrogens with zero attached hydrogens (tertiary/aromatic N) is 7. The van der Waals surface area contributed by atoms with Crippen molar-refractivity contribution in [3.8, 4) is 0 Å². The summed E-state index contributed by atoms with van der Waals surface area (Å²) in [6.45, 7) is -0.729. The average molecular weight is 624 g/mol. The maximum absolute atomic E-state index is 15.7. The molecule has 7 rings (SSSR count). The molecule has 7 heterocycles. The largest absolute Gasteiger partial charge is 0.472 e. The molecule has 0 radical (unpaired) electrons. The standard InChI is InChI=1S/C22H26FN10O9P/c23-13-10-1-8(34)3-38-9-2-12(32-6-28-14-17(24)26-5-27-18(14)32)40-11(9)4-39-43(36,37)42-16(13)21(41-10)33-7-29-15-19(33)30-22(25)31-20(15)35/h5-13,16,21,34H,1-4H2,(H,36,37)(H2,24,26,27)(H3,25,30,31,35)/t8?,9-,10?,11?,12-,13?,16?,21?/m1/s1. The number of aliphatic hydroxyl groups is 1. The number of fused-ring (bicyclic) bond motifs is 5. The maximum Gasteiger partial charge on any atom is 0.472 e. The van der Waals surface area contributed by atoms with Gasteiger partial charge in [-0.25, -0.2) is 28.9 Å². The van der Waals surface area contributed by atoms with Gasteiger partial charge in [-0.2, -0.15) is 4.98 Å². The number of imidazole rings is 2. The topological polar surface area (TPSA) is 263 Å². The van der Waals surface area contributed by atoms with Crippen LogP contribution in [-0.4, -0.2) is 98.9 Å². The van der Waals surface area contributed by atoms with Crippen molar-refractivity contribution in [1.29, 1.82) is 0 Å². The number of aromatic amines is 1. The molecule has 0 saturated carbocycles. The van der Waals surface area contributed by atoms with Crippen molar-refractivity contribution in [1.82, 2.24) is 39.0 Å². The Balaban J connectivity index is 1.16. The van der Waals surface area contributed by atoms with Gasteiger partial charge in [-0.3, -0.25) is 28.0 Å². The second-order valence-corrected chi connectivity index (χ2v) is 11.7. The fourth-order valence-corrected chi connectivity index (χ4v) is 6.47. The zero-order valence-corrected chi connectivity index (χ0v) is 22.9. The van der Waals surface area contributed by atoms with Crippen LogP contribution in [0.1, 0.15) is 25.3 Å². The third-order valence-corrected chi connectivity index (χ3v) is 8.52. The number of hydrogen-bond acceptors (Lipinski definition) is 15. The Bertz CT molecular complexity index is 1790. The lowest BCUT2D eigenvalue weighted by molar-refractivity contribution is -0.0918. The SMILES string of the molecule is Nc1nc2c(ncn2C2OC3CC(O)CO[C@@H]4C[C@H](n5cnc6c(N)ncnc65)OC4COP(=O)(O)OC2C3F)c(=O)[nH]1. The van der Waals surface area contributed by atoms with Crippen molar-refractivity contribution < 1.29 is 42.2 Å². The first kappa shape index (κ1) is 28.2. The van der Waals surface area contributed by atoms with Crippen LogP contribution in [0.4, 0.5) is 16.2 Å². The van der Waals surface area contributed by atoms with E-state index < -0.39 is 69.1 Å². The molecule has 0 amide bonds. The molecular weight excluding hydrogens is 598 g/mol. The van der Waals surface area contributed by atoms with Crippen molar-refractivity contribution >= 4 is 41.9 Å². The van der Waals surface area contributed by atoms with E-state index in [1.807, 2.05) is 0 Å². The summed E-state index contributed by atoms with van der Waals surface area (Å²) in [7, 11) is -4.97. The van der Waals surface area contributed by atoms with Crippen LogP contribution in [0.15, 0.2) is 23.8 Å². The molecule has 19 nitrogen and oxygen atoms in total. The highest BCUT2D eigenvalue weighted by atomic mass is 31.2. The summed E-state index contributed by atoms with van der Waals surface area (Å²) in [6.07, 6.45) is -6.12. The molecule has 7 unspecified atom stereocenters. The smallest absolute Gasteiger partial charge is 0.391 e. The second kappa shape index (κ2) is 10.5. The molecule has 3 saturated heterocycles. The number of aromatic nitrogens is 8. The molecule has 3 fully saturated rings. The summed E-state index contributed by atoms with van der Waals surface area (Å²) < 4.78 is 60.1. The summed E-state index contributed by atoms with van der Waals surface area (Å²) in [5, 5.41) is 10.8. The Labute approximate surface area is 239 Å². The van der Waals surface area contributed by atoms with Crippen LogP contribution >= 0.6 is 7.82 Å². The van der Waals surface area contributed by atoms with Gasteiger partial charge in [0.05, 0.1) is 44.2 Å². The van der Waals surface area contributed by atoms with Gasteiger partial charge >= 0.3 is 7.82 Å². The van der Waals surface area contributed by atoms with Crippen LogP contribution in [0, 0.1) is 0 Å². The number of ether oxygens (including phenoxy) is 3. The van der Waals surface area contributed by atoms with Gasteiger partial charge in [0.2, 0.25) is 5.95 Å². The number of nitrogens with two attached hydrogens (primary N) is 2. The minimum Gasteiger partial charge on any atom is -0.391 e. The zero-order chi connectivity index (χ0) is 30.0. The Morgan fingerprint density at radius 3 is 2.63 bits per heavy atom. The van der Waals surface area contributed by atoms with Gasteiger partial charge in [0.1, 0.15) is 30.3 Å². The van der Waals surface area contributed by atoms with Crippen LogP contribution in [0.3, 0.4) is 0 Å². The van der Waals surface area contributed by atoms with E-state index in [4.69, 9.17) is 34.7 Å². The molecule has 7 N–H and O–H groups in total. The van der Waals surface area contributed by atoms with Gasteiger partial charge in [-0.15, -0.1) is 0 Å². The molecule has 4 aromatic heterocycles.